The molecule has 0 saturated carbocycles. The van der Waals surface area contributed by atoms with E-state index in [1.807, 2.05) is 12.3 Å². The van der Waals surface area contributed by atoms with Gasteiger partial charge in [0.15, 0.2) is 0 Å². The van der Waals surface area contributed by atoms with Gasteiger partial charge in [0, 0.05) is 18.4 Å². The van der Waals surface area contributed by atoms with Gasteiger partial charge in [-0.2, -0.15) is 0 Å². The van der Waals surface area contributed by atoms with Gasteiger partial charge in [0.2, 0.25) is 0 Å². The van der Waals surface area contributed by atoms with E-state index in [0.717, 1.165) is 6.42 Å². The summed E-state index contributed by atoms with van der Waals surface area (Å²) in [7, 11) is 0. The van der Waals surface area contributed by atoms with Crippen molar-refractivity contribution in [3.8, 4) is 0 Å². The Labute approximate surface area is 110 Å². The Bertz CT molecular complexity index is 347. The van der Waals surface area contributed by atoms with Crippen molar-refractivity contribution in [2.45, 2.75) is 45.1 Å². The molecule has 0 spiro atoms. The van der Waals surface area contributed by atoms with Crippen LogP contribution >= 0.6 is 0 Å². The molecule has 3 heteroatoms. The predicted octanol–water partition coefficient (Wildman–Crippen LogP) is 2.35. The molecule has 1 fully saturated rings. The van der Waals surface area contributed by atoms with Crippen LogP contribution in [-0.4, -0.2) is 29.5 Å². The SMILES string of the molecule is NCc1ccnc(CCCCCCN2CCC2)c1. The third kappa shape index (κ3) is 4.39. The summed E-state index contributed by atoms with van der Waals surface area (Å²) in [4.78, 5) is 6.94. The Kier molecular flexibility index (Phi) is 5.62. The lowest BCUT2D eigenvalue weighted by Crippen LogP contribution is -2.37. The van der Waals surface area contributed by atoms with Crippen LogP contribution in [0, 0.1) is 0 Å². The van der Waals surface area contributed by atoms with Gasteiger partial charge in [0.05, 0.1) is 0 Å². The minimum absolute atomic E-state index is 0.616. The summed E-state index contributed by atoms with van der Waals surface area (Å²) in [6.07, 6.45) is 9.66. The average Bonchev–Trinajstić information content (AvgIpc) is 2.36. The summed E-state index contributed by atoms with van der Waals surface area (Å²) < 4.78 is 0. The van der Waals surface area contributed by atoms with Crippen molar-refractivity contribution in [2.75, 3.05) is 19.6 Å². The Hall–Kier alpha value is -0.930. The summed E-state index contributed by atoms with van der Waals surface area (Å²) in [5.41, 5.74) is 8.02. The number of rotatable bonds is 8. The summed E-state index contributed by atoms with van der Waals surface area (Å²) in [6.45, 7) is 4.58. The second kappa shape index (κ2) is 7.49. The van der Waals surface area contributed by atoms with Gasteiger partial charge < -0.3 is 10.6 Å². The van der Waals surface area contributed by atoms with E-state index in [1.54, 1.807) is 0 Å². The molecular formula is C15H25N3. The van der Waals surface area contributed by atoms with E-state index in [-0.39, 0.29) is 0 Å². The van der Waals surface area contributed by atoms with Crippen LogP contribution in [0.5, 0.6) is 0 Å². The van der Waals surface area contributed by atoms with Crippen molar-refractivity contribution in [1.82, 2.24) is 9.88 Å². The number of aryl methyl sites for hydroxylation is 1. The largest absolute Gasteiger partial charge is 0.326 e. The van der Waals surface area contributed by atoms with Crippen molar-refractivity contribution in [3.05, 3.63) is 29.6 Å². The van der Waals surface area contributed by atoms with Crippen molar-refractivity contribution in [2.24, 2.45) is 5.73 Å². The highest BCUT2D eigenvalue weighted by atomic mass is 15.2. The topological polar surface area (TPSA) is 42.1 Å². The Balaban J connectivity index is 1.53. The molecule has 0 bridgehead atoms. The number of likely N-dealkylation sites (tertiary alicyclic amines) is 1. The summed E-state index contributed by atoms with van der Waals surface area (Å²) in [5, 5.41) is 0. The van der Waals surface area contributed by atoms with Crippen LogP contribution in [0.1, 0.15) is 43.4 Å². The molecule has 0 aromatic carbocycles. The third-order valence-electron chi connectivity index (χ3n) is 3.72. The van der Waals surface area contributed by atoms with Gasteiger partial charge in [-0.1, -0.05) is 12.8 Å². The normalized spacial score (nSPS) is 15.6. The van der Waals surface area contributed by atoms with Gasteiger partial charge in [-0.05, 0) is 63.0 Å². The first-order chi connectivity index (χ1) is 8.88. The molecule has 3 nitrogen and oxygen atoms in total. The molecule has 18 heavy (non-hydrogen) atoms. The quantitative estimate of drug-likeness (QED) is 0.717. The van der Waals surface area contributed by atoms with E-state index in [1.165, 1.54) is 63.0 Å². The number of aromatic nitrogens is 1. The fourth-order valence-corrected chi connectivity index (χ4v) is 2.39. The van der Waals surface area contributed by atoms with Crippen molar-refractivity contribution in [1.29, 1.82) is 0 Å². The smallest absolute Gasteiger partial charge is 0.0406 e. The summed E-state index contributed by atoms with van der Waals surface area (Å²) in [6, 6.07) is 4.14. The van der Waals surface area contributed by atoms with Crippen LogP contribution < -0.4 is 5.73 Å². The summed E-state index contributed by atoms with van der Waals surface area (Å²) >= 11 is 0. The molecule has 1 aromatic heterocycles. The van der Waals surface area contributed by atoms with Crippen molar-refractivity contribution in [3.63, 3.8) is 0 Å². The van der Waals surface area contributed by atoms with E-state index in [2.05, 4.69) is 16.0 Å². The van der Waals surface area contributed by atoms with Crippen molar-refractivity contribution < 1.29 is 0 Å². The molecule has 1 aromatic rings. The zero-order chi connectivity index (χ0) is 12.6. The first kappa shape index (κ1) is 13.5. The number of nitrogens with zero attached hydrogens (tertiary/aromatic N) is 2. The standard InChI is InChI=1S/C15H25N3/c16-13-14-7-8-17-15(12-14)6-3-1-2-4-9-18-10-5-11-18/h7-8,12H,1-6,9-11,13,16H2. The molecule has 1 aliphatic rings. The van der Waals surface area contributed by atoms with E-state index in [0.29, 0.717) is 6.54 Å². The first-order valence-electron chi connectivity index (χ1n) is 7.25. The fourth-order valence-electron chi connectivity index (χ4n) is 2.39. The molecule has 0 radical (unpaired) electrons. The zero-order valence-corrected chi connectivity index (χ0v) is 11.3. The number of hydrogen-bond acceptors (Lipinski definition) is 3. The number of hydrogen-bond donors (Lipinski definition) is 1. The zero-order valence-electron chi connectivity index (χ0n) is 11.3. The number of pyridine rings is 1. The van der Waals surface area contributed by atoms with E-state index >= 15 is 0 Å². The van der Waals surface area contributed by atoms with E-state index in [9.17, 15) is 0 Å². The van der Waals surface area contributed by atoms with Gasteiger partial charge in [0.1, 0.15) is 0 Å². The van der Waals surface area contributed by atoms with E-state index < -0.39 is 0 Å². The maximum Gasteiger partial charge on any atom is 0.0406 e. The van der Waals surface area contributed by atoms with E-state index in [4.69, 9.17) is 5.73 Å². The molecule has 2 N–H and O–H groups in total. The molecule has 1 aliphatic heterocycles. The van der Waals surface area contributed by atoms with Crippen molar-refractivity contribution >= 4 is 0 Å². The highest BCUT2D eigenvalue weighted by Crippen LogP contribution is 2.10. The fraction of sp³-hybridized carbons (Fsp3) is 0.667. The van der Waals surface area contributed by atoms with Crippen LogP contribution in [0.4, 0.5) is 0 Å². The Morgan fingerprint density at radius 2 is 2.00 bits per heavy atom. The second-order valence-electron chi connectivity index (χ2n) is 5.22. The van der Waals surface area contributed by atoms with Crippen LogP contribution in [-0.2, 0) is 13.0 Å². The molecule has 1 saturated heterocycles. The monoisotopic (exact) mass is 247 g/mol. The maximum atomic E-state index is 5.63. The molecule has 2 rings (SSSR count). The highest BCUT2D eigenvalue weighted by Gasteiger charge is 2.11. The van der Waals surface area contributed by atoms with Crippen LogP contribution in [0.3, 0.4) is 0 Å². The van der Waals surface area contributed by atoms with Gasteiger partial charge in [0.25, 0.3) is 0 Å². The Morgan fingerprint density at radius 3 is 2.72 bits per heavy atom. The third-order valence-corrected chi connectivity index (χ3v) is 3.72. The molecule has 0 aliphatic carbocycles. The molecule has 100 valence electrons. The lowest BCUT2D eigenvalue weighted by atomic mass is 10.1. The number of nitrogens with two attached hydrogens (primary N) is 1. The van der Waals surface area contributed by atoms with Gasteiger partial charge in [-0.15, -0.1) is 0 Å². The van der Waals surface area contributed by atoms with Gasteiger partial charge in [-0.3, -0.25) is 4.98 Å². The lowest BCUT2D eigenvalue weighted by Gasteiger charge is -2.30. The average molecular weight is 247 g/mol. The van der Waals surface area contributed by atoms with Gasteiger partial charge >= 0.3 is 0 Å². The lowest BCUT2D eigenvalue weighted by molar-refractivity contribution is 0.177. The molecule has 0 atom stereocenters. The Morgan fingerprint density at radius 1 is 1.17 bits per heavy atom. The molecule has 0 unspecified atom stereocenters. The summed E-state index contributed by atoms with van der Waals surface area (Å²) in [5.74, 6) is 0. The second-order valence-corrected chi connectivity index (χ2v) is 5.22. The highest BCUT2D eigenvalue weighted by molar-refractivity contribution is 5.15. The molecule has 2 heterocycles. The predicted molar refractivity (Wildman–Crippen MR) is 75.4 cm³/mol. The van der Waals surface area contributed by atoms with Gasteiger partial charge in [-0.25, -0.2) is 0 Å². The molecule has 0 amide bonds. The minimum Gasteiger partial charge on any atom is -0.326 e. The van der Waals surface area contributed by atoms with Crippen LogP contribution in [0.15, 0.2) is 18.3 Å². The minimum atomic E-state index is 0.616. The first-order valence-corrected chi connectivity index (χ1v) is 7.25. The van der Waals surface area contributed by atoms with Crippen LogP contribution in [0.2, 0.25) is 0 Å². The molecular weight excluding hydrogens is 222 g/mol. The number of unbranched alkanes of at least 4 members (excludes halogenated alkanes) is 3. The van der Waals surface area contributed by atoms with Crippen LogP contribution in [0.25, 0.3) is 0 Å². The maximum absolute atomic E-state index is 5.63.